The average Bonchev–Trinajstić information content (AvgIpc) is 3.12. The minimum atomic E-state index is -4.96. The minimum absolute atomic E-state index is 0.0751. The molecule has 2 N–H and O–H groups in total. The van der Waals surface area contributed by atoms with E-state index in [1.807, 2.05) is 31.2 Å². The second kappa shape index (κ2) is 8.89. The molecule has 33 heavy (non-hydrogen) atoms. The quantitative estimate of drug-likeness (QED) is 0.563. The van der Waals surface area contributed by atoms with E-state index in [0.717, 1.165) is 16.0 Å². The first-order valence-electron chi connectivity index (χ1n) is 10.4. The first-order valence-corrected chi connectivity index (χ1v) is 10.4. The van der Waals surface area contributed by atoms with Crippen LogP contribution in [-0.2, 0) is 12.4 Å². The Balaban J connectivity index is 1.94. The second-order valence-corrected chi connectivity index (χ2v) is 8.36. The zero-order chi connectivity index (χ0) is 24.7. The first kappa shape index (κ1) is 24.9. The van der Waals surface area contributed by atoms with E-state index in [2.05, 4.69) is 0 Å². The third-order valence-electron chi connectivity index (χ3n) is 6.17. The van der Waals surface area contributed by atoms with Crippen molar-refractivity contribution < 1.29 is 31.1 Å². The van der Waals surface area contributed by atoms with E-state index in [9.17, 15) is 31.1 Å². The molecule has 1 saturated heterocycles. The molecule has 0 aromatic heterocycles. The van der Waals surface area contributed by atoms with Crippen molar-refractivity contribution in [3.8, 4) is 0 Å². The van der Waals surface area contributed by atoms with Crippen LogP contribution in [0.5, 0.6) is 0 Å². The summed E-state index contributed by atoms with van der Waals surface area (Å²) < 4.78 is 79.5. The summed E-state index contributed by atoms with van der Waals surface area (Å²) in [6.07, 6.45) is -9.40. The lowest BCUT2D eigenvalue weighted by Gasteiger charge is -2.35. The number of benzene rings is 2. The molecule has 1 heterocycles. The highest BCUT2D eigenvalue weighted by molar-refractivity contribution is 5.76. The van der Waals surface area contributed by atoms with Gasteiger partial charge in [0.1, 0.15) is 0 Å². The van der Waals surface area contributed by atoms with Crippen molar-refractivity contribution in [3.63, 3.8) is 0 Å². The summed E-state index contributed by atoms with van der Waals surface area (Å²) in [5, 5.41) is 0. The largest absolute Gasteiger partial charge is 0.416 e. The first-order chi connectivity index (χ1) is 15.2. The highest BCUT2D eigenvalue weighted by Crippen LogP contribution is 2.39. The fourth-order valence-corrected chi connectivity index (χ4v) is 4.16. The van der Waals surface area contributed by atoms with Crippen LogP contribution in [-0.4, -0.2) is 35.5 Å². The number of amides is 2. The zero-order valence-corrected chi connectivity index (χ0v) is 18.3. The summed E-state index contributed by atoms with van der Waals surface area (Å²) in [6.45, 7) is 3.61. The summed E-state index contributed by atoms with van der Waals surface area (Å²) >= 11 is 0. The maximum absolute atomic E-state index is 13.3. The highest BCUT2D eigenvalue weighted by atomic mass is 19.4. The van der Waals surface area contributed by atoms with E-state index in [0.29, 0.717) is 25.1 Å². The van der Waals surface area contributed by atoms with E-state index in [-0.39, 0.29) is 17.7 Å². The van der Waals surface area contributed by atoms with Crippen LogP contribution in [0.3, 0.4) is 0 Å². The van der Waals surface area contributed by atoms with Crippen molar-refractivity contribution in [1.29, 1.82) is 0 Å². The van der Waals surface area contributed by atoms with Crippen LogP contribution in [0.2, 0.25) is 0 Å². The molecule has 1 aliphatic heterocycles. The lowest BCUT2D eigenvalue weighted by Crippen LogP contribution is -2.44. The molecule has 2 aromatic rings. The van der Waals surface area contributed by atoms with Crippen LogP contribution < -0.4 is 5.73 Å². The van der Waals surface area contributed by atoms with E-state index in [1.54, 1.807) is 0 Å². The minimum Gasteiger partial charge on any atom is -0.326 e. The van der Waals surface area contributed by atoms with Crippen LogP contribution >= 0.6 is 0 Å². The van der Waals surface area contributed by atoms with Crippen molar-refractivity contribution in [2.24, 2.45) is 5.73 Å². The van der Waals surface area contributed by atoms with Gasteiger partial charge in [0.2, 0.25) is 0 Å². The maximum atomic E-state index is 13.3. The maximum Gasteiger partial charge on any atom is 0.416 e. The number of hydrogen-bond donors (Lipinski definition) is 1. The molecular formula is C23H25F6N3O. The number of rotatable bonds is 3. The number of halogens is 6. The molecule has 3 unspecified atom stereocenters. The van der Waals surface area contributed by atoms with Gasteiger partial charge < -0.3 is 15.5 Å². The summed E-state index contributed by atoms with van der Waals surface area (Å²) in [7, 11) is 1.36. The van der Waals surface area contributed by atoms with Gasteiger partial charge in [-0.25, -0.2) is 4.79 Å². The number of hydrogen-bond acceptors (Lipinski definition) is 2. The molecule has 180 valence electrons. The monoisotopic (exact) mass is 473 g/mol. The van der Waals surface area contributed by atoms with E-state index in [4.69, 9.17) is 5.73 Å². The Morgan fingerprint density at radius 3 is 2.12 bits per heavy atom. The fourth-order valence-electron chi connectivity index (χ4n) is 4.16. The van der Waals surface area contributed by atoms with Gasteiger partial charge in [-0.05, 0) is 55.2 Å². The van der Waals surface area contributed by atoms with E-state index in [1.165, 1.54) is 18.9 Å². The Kier molecular flexibility index (Phi) is 6.70. The van der Waals surface area contributed by atoms with Crippen LogP contribution in [0.25, 0.3) is 0 Å². The van der Waals surface area contributed by atoms with Crippen molar-refractivity contribution in [2.75, 3.05) is 13.6 Å². The normalized spacial score (nSPS) is 20.1. The van der Waals surface area contributed by atoms with Gasteiger partial charge >= 0.3 is 18.4 Å². The molecule has 0 bridgehead atoms. The van der Waals surface area contributed by atoms with Crippen LogP contribution in [0.1, 0.15) is 53.2 Å². The molecule has 0 saturated carbocycles. The molecule has 0 aliphatic carbocycles. The Labute approximate surface area is 188 Å². The summed E-state index contributed by atoms with van der Waals surface area (Å²) in [5.74, 6) is 0. The van der Waals surface area contributed by atoms with E-state index < -0.39 is 41.6 Å². The number of urea groups is 1. The van der Waals surface area contributed by atoms with Crippen molar-refractivity contribution in [2.45, 2.75) is 50.7 Å². The van der Waals surface area contributed by atoms with Crippen molar-refractivity contribution in [1.82, 2.24) is 9.80 Å². The van der Waals surface area contributed by atoms with Crippen molar-refractivity contribution in [3.05, 3.63) is 70.3 Å². The Bertz CT molecular complexity index is 988. The Hall–Kier alpha value is -2.75. The number of aryl methyl sites for hydroxylation is 1. The molecule has 3 rings (SSSR count). The molecule has 2 amide bonds. The van der Waals surface area contributed by atoms with Crippen LogP contribution in [0.15, 0.2) is 42.5 Å². The number of carbonyl (C=O) groups excluding carboxylic acids is 1. The SMILES string of the molecule is Cc1ccccc1C1C(N)CCN1C(=O)N(C)C(C)c1cc(C(F)(F)F)cc(C(F)(F)F)c1. The van der Waals surface area contributed by atoms with Gasteiger partial charge in [-0.3, -0.25) is 0 Å². The molecule has 4 nitrogen and oxygen atoms in total. The number of nitrogens with zero attached hydrogens (tertiary/aromatic N) is 2. The predicted molar refractivity (Wildman–Crippen MR) is 111 cm³/mol. The number of alkyl halides is 6. The predicted octanol–water partition coefficient (Wildman–Crippen LogP) is 5.92. The average molecular weight is 473 g/mol. The summed E-state index contributed by atoms with van der Waals surface area (Å²) in [6, 6.07) is 6.44. The third kappa shape index (κ3) is 5.10. The summed E-state index contributed by atoms with van der Waals surface area (Å²) in [4.78, 5) is 16.0. The highest BCUT2D eigenvalue weighted by Gasteiger charge is 2.40. The molecule has 2 aromatic carbocycles. The lowest BCUT2D eigenvalue weighted by atomic mass is 9.96. The lowest BCUT2D eigenvalue weighted by molar-refractivity contribution is -0.143. The second-order valence-electron chi connectivity index (χ2n) is 8.36. The Morgan fingerprint density at radius 2 is 1.61 bits per heavy atom. The molecular weight excluding hydrogens is 448 g/mol. The van der Waals surface area contributed by atoms with Gasteiger partial charge in [0.25, 0.3) is 0 Å². The number of nitrogens with two attached hydrogens (primary N) is 1. The third-order valence-corrected chi connectivity index (χ3v) is 6.17. The van der Waals surface area contributed by atoms with Crippen LogP contribution in [0.4, 0.5) is 31.1 Å². The smallest absolute Gasteiger partial charge is 0.326 e. The molecule has 10 heteroatoms. The Morgan fingerprint density at radius 1 is 1.06 bits per heavy atom. The van der Waals surface area contributed by atoms with Gasteiger partial charge in [-0.1, -0.05) is 24.3 Å². The van der Waals surface area contributed by atoms with Gasteiger partial charge in [0.05, 0.1) is 23.2 Å². The van der Waals surface area contributed by atoms with Crippen LogP contribution in [0, 0.1) is 6.92 Å². The zero-order valence-electron chi connectivity index (χ0n) is 18.3. The molecule has 1 fully saturated rings. The van der Waals surface area contributed by atoms with Crippen molar-refractivity contribution >= 4 is 6.03 Å². The standard InChI is InChI=1S/C23H25F6N3O/c1-13-6-4-5-7-18(13)20-19(30)8-9-32(20)21(33)31(3)14(2)15-10-16(22(24,25)26)12-17(11-15)23(27,28)29/h4-7,10-12,14,19-20H,8-9,30H2,1-3H3. The fraction of sp³-hybridized carbons (Fsp3) is 0.435. The van der Waals surface area contributed by atoms with Gasteiger partial charge in [-0.2, -0.15) is 26.3 Å². The van der Waals surface area contributed by atoms with E-state index >= 15 is 0 Å². The molecule has 0 radical (unpaired) electrons. The molecule has 1 aliphatic rings. The van der Waals surface area contributed by atoms with Gasteiger partial charge in [0, 0.05) is 19.6 Å². The summed E-state index contributed by atoms with van der Waals surface area (Å²) in [5.41, 5.74) is 4.97. The number of carbonyl (C=O) groups is 1. The van der Waals surface area contributed by atoms with Gasteiger partial charge in [-0.15, -0.1) is 0 Å². The molecule has 0 spiro atoms. The topological polar surface area (TPSA) is 49.6 Å². The molecule has 3 atom stereocenters. The number of likely N-dealkylation sites (tertiary alicyclic amines) is 1. The van der Waals surface area contributed by atoms with Gasteiger partial charge in [0.15, 0.2) is 0 Å².